The fourth-order valence-electron chi connectivity index (χ4n) is 2.43. The van der Waals surface area contributed by atoms with E-state index in [1.807, 2.05) is 36.4 Å². The predicted octanol–water partition coefficient (Wildman–Crippen LogP) is 2.42. The third-order valence-corrected chi connectivity index (χ3v) is 5.49. The van der Waals surface area contributed by atoms with Crippen molar-refractivity contribution in [2.75, 3.05) is 11.4 Å². The highest BCUT2D eigenvalue weighted by molar-refractivity contribution is 8.14. The number of anilines is 1. The van der Waals surface area contributed by atoms with Gasteiger partial charge in [0.1, 0.15) is 11.1 Å². The number of halogens is 1. The van der Waals surface area contributed by atoms with Crippen LogP contribution in [0.2, 0.25) is 0 Å². The lowest BCUT2D eigenvalue weighted by Crippen LogP contribution is -2.27. The SMILES string of the molecule is O=C1CC(S(=O)(=O)Cl)CN1c1ccc(-c2ccccc2)cn1. The summed E-state index contributed by atoms with van der Waals surface area (Å²) >= 11 is 0. The van der Waals surface area contributed by atoms with Gasteiger partial charge in [-0.15, -0.1) is 0 Å². The highest BCUT2D eigenvalue weighted by Gasteiger charge is 2.38. The Kier molecular flexibility index (Phi) is 3.88. The quantitative estimate of drug-likeness (QED) is 0.807. The monoisotopic (exact) mass is 336 g/mol. The Balaban J connectivity index is 1.83. The summed E-state index contributed by atoms with van der Waals surface area (Å²) in [4.78, 5) is 17.6. The average molecular weight is 337 g/mol. The molecule has 1 aromatic heterocycles. The Morgan fingerprint density at radius 3 is 2.36 bits per heavy atom. The molecule has 1 aromatic carbocycles. The van der Waals surface area contributed by atoms with Gasteiger partial charge >= 0.3 is 0 Å². The standard InChI is InChI=1S/C15H13ClN2O3S/c16-22(20,21)13-8-15(19)18(10-13)14-7-6-12(9-17-14)11-4-2-1-3-5-11/h1-7,9,13H,8,10H2. The van der Waals surface area contributed by atoms with E-state index >= 15 is 0 Å². The summed E-state index contributed by atoms with van der Waals surface area (Å²) in [6, 6.07) is 13.3. The molecule has 1 fully saturated rings. The predicted molar refractivity (Wildman–Crippen MR) is 85.2 cm³/mol. The van der Waals surface area contributed by atoms with Gasteiger partial charge in [-0.2, -0.15) is 0 Å². The van der Waals surface area contributed by atoms with Crippen LogP contribution >= 0.6 is 10.7 Å². The van der Waals surface area contributed by atoms with E-state index < -0.39 is 14.3 Å². The highest BCUT2D eigenvalue weighted by atomic mass is 35.7. The summed E-state index contributed by atoms with van der Waals surface area (Å²) < 4.78 is 22.7. The van der Waals surface area contributed by atoms with Crippen LogP contribution in [0.25, 0.3) is 11.1 Å². The molecule has 0 bridgehead atoms. The number of amides is 1. The van der Waals surface area contributed by atoms with Crippen molar-refractivity contribution >= 4 is 31.5 Å². The molecule has 0 N–H and O–H groups in total. The molecule has 1 unspecified atom stereocenters. The van der Waals surface area contributed by atoms with Crippen LogP contribution in [0.5, 0.6) is 0 Å². The second-order valence-electron chi connectivity index (χ2n) is 5.08. The molecule has 5 nitrogen and oxygen atoms in total. The first-order valence-corrected chi connectivity index (χ1v) is 9.08. The summed E-state index contributed by atoms with van der Waals surface area (Å²) in [5.74, 6) is 0.154. The van der Waals surface area contributed by atoms with Crippen LogP contribution in [0, 0.1) is 0 Å². The van der Waals surface area contributed by atoms with E-state index in [4.69, 9.17) is 10.7 Å². The van der Waals surface area contributed by atoms with Crippen LogP contribution in [0.3, 0.4) is 0 Å². The van der Waals surface area contributed by atoms with Gasteiger partial charge in [0.05, 0.1) is 0 Å². The number of hydrogen-bond donors (Lipinski definition) is 0. The fourth-order valence-corrected chi connectivity index (χ4v) is 3.46. The molecule has 0 saturated carbocycles. The van der Waals surface area contributed by atoms with Crippen LogP contribution in [0.4, 0.5) is 5.82 Å². The van der Waals surface area contributed by atoms with Crippen molar-refractivity contribution in [3.8, 4) is 11.1 Å². The summed E-state index contributed by atoms with van der Waals surface area (Å²) in [6.07, 6.45) is 1.56. The number of aromatic nitrogens is 1. The topological polar surface area (TPSA) is 67.3 Å². The lowest BCUT2D eigenvalue weighted by atomic mass is 10.1. The molecule has 2 aromatic rings. The zero-order valence-corrected chi connectivity index (χ0v) is 13.1. The van der Waals surface area contributed by atoms with Gasteiger partial charge in [0.2, 0.25) is 15.0 Å². The van der Waals surface area contributed by atoms with Crippen molar-refractivity contribution in [1.29, 1.82) is 0 Å². The van der Waals surface area contributed by atoms with Crippen molar-refractivity contribution in [2.45, 2.75) is 11.7 Å². The number of carbonyl (C=O) groups excluding carboxylic acids is 1. The molecule has 0 spiro atoms. The van der Waals surface area contributed by atoms with Crippen LogP contribution in [0.15, 0.2) is 48.7 Å². The molecule has 1 saturated heterocycles. The molecule has 0 aliphatic carbocycles. The van der Waals surface area contributed by atoms with Gasteiger partial charge in [0.25, 0.3) is 0 Å². The number of nitrogens with zero attached hydrogens (tertiary/aromatic N) is 2. The van der Waals surface area contributed by atoms with E-state index in [2.05, 4.69) is 4.98 Å². The molecule has 1 atom stereocenters. The normalized spacial score (nSPS) is 18.7. The maximum absolute atomic E-state index is 11.9. The summed E-state index contributed by atoms with van der Waals surface area (Å²) in [6.45, 7) is 0.0440. The van der Waals surface area contributed by atoms with Crippen molar-refractivity contribution in [3.63, 3.8) is 0 Å². The molecule has 114 valence electrons. The van der Waals surface area contributed by atoms with E-state index in [0.717, 1.165) is 11.1 Å². The minimum atomic E-state index is -3.75. The molecule has 2 heterocycles. The fraction of sp³-hybridized carbons (Fsp3) is 0.200. The van der Waals surface area contributed by atoms with E-state index in [1.54, 1.807) is 12.3 Å². The Morgan fingerprint density at radius 2 is 1.82 bits per heavy atom. The lowest BCUT2D eigenvalue weighted by Gasteiger charge is -2.15. The maximum Gasteiger partial charge on any atom is 0.237 e. The van der Waals surface area contributed by atoms with Crippen LogP contribution in [-0.4, -0.2) is 31.1 Å². The number of rotatable bonds is 3. The van der Waals surface area contributed by atoms with Crippen molar-refractivity contribution in [2.24, 2.45) is 0 Å². The molecule has 7 heteroatoms. The third-order valence-electron chi connectivity index (χ3n) is 3.62. The van der Waals surface area contributed by atoms with E-state index in [0.29, 0.717) is 5.82 Å². The lowest BCUT2D eigenvalue weighted by molar-refractivity contribution is -0.117. The minimum Gasteiger partial charge on any atom is -0.295 e. The molecular weight excluding hydrogens is 324 g/mol. The van der Waals surface area contributed by atoms with Crippen molar-refractivity contribution in [1.82, 2.24) is 4.98 Å². The van der Waals surface area contributed by atoms with Gasteiger partial charge in [-0.25, -0.2) is 13.4 Å². The first-order valence-electron chi connectivity index (χ1n) is 6.70. The second-order valence-corrected chi connectivity index (χ2v) is 7.99. The van der Waals surface area contributed by atoms with Gasteiger partial charge in [-0.3, -0.25) is 9.69 Å². The molecule has 1 aliphatic rings. The first-order chi connectivity index (χ1) is 10.4. The molecule has 1 aliphatic heterocycles. The number of pyridine rings is 1. The summed E-state index contributed by atoms with van der Waals surface area (Å²) in [7, 11) is 1.59. The van der Waals surface area contributed by atoms with E-state index in [1.165, 1.54) is 4.90 Å². The van der Waals surface area contributed by atoms with Crippen LogP contribution in [-0.2, 0) is 13.8 Å². The molecule has 22 heavy (non-hydrogen) atoms. The largest absolute Gasteiger partial charge is 0.295 e. The molecule has 0 radical (unpaired) electrons. The number of benzene rings is 1. The molecular formula is C15H13ClN2O3S. The average Bonchev–Trinajstić information content (AvgIpc) is 2.90. The second kappa shape index (κ2) is 5.70. The maximum atomic E-state index is 11.9. The number of hydrogen-bond acceptors (Lipinski definition) is 4. The molecule has 3 rings (SSSR count). The van der Waals surface area contributed by atoms with Crippen LogP contribution in [0.1, 0.15) is 6.42 Å². The van der Waals surface area contributed by atoms with Crippen LogP contribution < -0.4 is 4.90 Å². The Bertz CT molecular complexity index is 791. The first kappa shape index (κ1) is 15.0. The van der Waals surface area contributed by atoms with Gasteiger partial charge < -0.3 is 0 Å². The van der Waals surface area contributed by atoms with Gasteiger partial charge in [-0.05, 0) is 17.7 Å². The smallest absolute Gasteiger partial charge is 0.237 e. The Morgan fingerprint density at radius 1 is 1.09 bits per heavy atom. The van der Waals surface area contributed by atoms with E-state index in [9.17, 15) is 13.2 Å². The molecule has 1 amide bonds. The highest BCUT2D eigenvalue weighted by Crippen LogP contribution is 2.27. The van der Waals surface area contributed by atoms with Crippen molar-refractivity contribution < 1.29 is 13.2 Å². The van der Waals surface area contributed by atoms with Gasteiger partial charge in [-0.1, -0.05) is 30.3 Å². The Hall–Kier alpha value is -1.92. The van der Waals surface area contributed by atoms with Gasteiger partial charge in [0.15, 0.2) is 0 Å². The zero-order chi connectivity index (χ0) is 15.7. The summed E-state index contributed by atoms with van der Waals surface area (Å²) in [5, 5.41) is -0.878. The van der Waals surface area contributed by atoms with Gasteiger partial charge in [0, 0.05) is 35.4 Å². The summed E-state index contributed by atoms with van der Waals surface area (Å²) in [5.41, 5.74) is 1.95. The third kappa shape index (κ3) is 2.98. The zero-order valence-electron chi connectivity index (χ0n) is 11.5. The van der Waals surface area contributed by atoms with E-state index in [-0.39, 0.29) is 18.9 Å². The van der Waals surface area contributed by atoms with Crippen molar-refractivity contribution in [3.05, 3.63) is 48.7 Å². The number of carbonyl (C=O) groups is 1. The Labute approximate surface area is 133 Å². The minimum absolute atomic E-state index is 0.0440.